The number of benzene rings is 1. The molecule has 7 heteroatoms. The fourth-order valence-corrected chi connectivity index (χ4v) is 2.72. The van der Waals surface area contributed by atoms with Crippen LogP contribution in [0.5, 0.6) is 0 Å². The molecule has 1 aromatic carbocycles. The summed E-state index contributed by atoms with van der Waals surface area (Å²) < 4.78 is 52.4. The molecule has 0 radical (unpaired) electrons. The molecule has 1 amide bonds. The van der Waals surface area contributed by atoms with E-state index in [1.54, 1.807) is 0 Å². The van der Waals surface area contributed by atoms with Crippen LogP contribution in [0.2, 0.25) is 0 Å². The lowest BCUT2D eigenvalue weighted by Gasteiger charge is -2.31. The Hall–Kier alpha value is -1.11. The van der Waals surface area contributed by atoms with Crippen LogP contribution in [0.4, 0.5) is 17.6 Å². The maximum atomic E-state index is 13.2. The Morgan fingerprint density at radius 1 is 1.35 bits per heavy atom. The van der Waals surface area contributed by atoms with E-state index in [9.17, 15) is 22.4 Å². The van der Waals surface area contributed by atoms with E-state index in [0.29, 0.717) is 11.1 Å². The van der Waals surface area contributed by atoms with Crippen molar-refractivity contribution in [3.8, 4) is 0 Å². The molecular formula is C13H12BrF4NO. The second-order valence-corrected chi connectivity index (χ2v) is 5.23. The van der Waals surface area contributed by atoms with Crippen molar-refractivity contribution in [2.45, 2.75) is 31.6 Å². The van der Waals surface area contributed by atoms with Crippen molar-refractivity contribution in [1.29, 1.82) is 0 Å². The van der Waals surface area contributed by atoms with Gasteiger partial charge >= 0.3 is 6.18 Å². The molecule has 0 bridgehead atoms. The van der Waals surface area contributed by atoms with Crippen LogP contribution >= 0.6 is 15.9 Å². The minimum atomic E-state index is -4.49. The molecule has 110 valence electrons. The third-order valence-electron chi connectivity index (χ3n) is 3.38. The summed E-state index contributed by atoms with van der Waals surface area (Å²) >= 11 is 2.90. The highest BCUT2D eigenvalue weighted by molar-refractivity contribution is 9.09. The maximum absolute atomic E-state index is 13.2. The molecule has 1 atom stereocenters. The molecule has 0 spiro atoms. The lowest BCUT2D eigenvalue weighted by molar-refractivity contribution is -0.190. The van der Waals surface area contributed by atoms with Crippen molar-refractivity contribution in [2.75, 3.05) is 5.33 Å². The zero-order valence-electron chi connectivity index (χ0n) is 10.4. The van der Waals surface area contributed by atoms with Crippen LogP contribution in [0.25, 0.3) is 0 Å². The molecule has 0 saturated carbocycles. The predicted molar refractivity (Wildman–Crippen MR) is 68.9 cm³/mol. The predicted octanol–water partition coefficient (Wildman–Crippen LogP) is 3.43. The molecule has 2 rings (SSSR count). The number of carbonyl (C=O) groups is 1. The maximum Gasteiger partial charge on any atom is 0.408 e. The van der Waals surface area contributed by atoms with E-state index >= 15 is 0 Å². The number of carbonyl (C=O) groups excluding carboxylic acids is 1. The molecule has 0 fully saturated rings. The Labute approximate surface area is 121 Å². The van der Waals surface area contributed by atoms with Gasteiger partial charge in [-0.25, -0.2) is 4.39 Å². The summed E-state index contributed by atoms with van der Waals surface area (Å²) in [5.74, 6) is -1.10. The Bertz CT molecular complexity index is 518. The molecule has 1 heterocycles. The zero-order valence-corrected chi connectivity index (χ0v) is 12.0. The standard InChI is InChI=1S/C13H12BrF4NO/c14-6-12(20)19-7-9-1-3-10(15)5-8(9)2-4-11(19)13(16,17)18/h1,3,5,11H,2,4,6-7H2/t11-/m0/s1. The van der Waals surface area contributed by atoms with E-state index in [1.165, 1.54) is 18.2 Å². The van der Waals surface area contributed by atoms with Crippen LogP contribution in [-0.2, 0) is 17.8 Å². The first-order chi connectivity index (χ1) is 9.32. The van der Waals surface area contributed by atoms with Crippen molar-refractivity contribution in [2.24, 2.45) is 0 Å². The number of halogens is 5. The summed E-state index contributed by atoms with van der Waals surface area (Å²) in [6.07, 6.45) is -4.64. The van der Waals surface area contributed by atoms with Crippen LogP contribution in [-0.4, -0.2) is 28.4 Å². The summed E-state index contributed by atoms with van der Waals surface area (Å²) in [4.78, 5) is 12.6. The van der Waals surface area contributed by atoms with Gasteiger partial charge in [-0.05, 0) is 36.1 Å². The quantitative estimate of drug-likeness (QED) is 0.559. The largest absolute Gasteiger partial charge is 0.408 e. The van der Waals surface area contributed by atoms with E-state index in [0.717, 1.165) is 4.90 Å². The SMILES string of the molecule is O=C(CBr)N1Cc2ccc(F)cc2CC[C@H]1C(F)(F)F. The summed E-state index contributed by atoms with van der Waals surface area (Å²) in [5.41, 5.74) is 1.09. The van der Waals surface area contributed by atoms with Crippen LogP contribution in [0, 0.1) is 5.82 Å². The summed E-state index contributed by atoms with van der Waals surface area (Å²) in [6, 6.07) is 2.05. The average molecular weight is 354 g/mol. The smallest absolute Gasteiger partial charge is 0.326 e. The molecule has 0 unspecified atom stereocenters. The minimum Gasteiger partial charge on any atom is -0.326 e. The van der Waals surface area contributed by atoms with E-state index in [1.807, 2.05) is 0 Å². The first-order valence-electron chi connectivity index (χ1n) is 6.02. The number of nitrogens with zero attached hydrogens (tertiary/aromatic N) is 1. The lowest BCUT2D eigenvalue weighted by atomic mass is 10.0. The Morgan fingerprint density at radius 2 is 2.05 bits per heavy atom. The first kappa shape index (κ1) is 15.3. The van der Waals surface area contributed by atoms with Gasteiger partial charge in [0.05, 0.1) is 5.33 Å². The van der Waals surface area contributed by atoms with Gasteiger partial charge in [0.25, 0.3) is 0 Å². The van der Waals surface area contributed by atoms with Gasteiger partial charge in [0.1, 0.15) is 11.9 Å². The van der Waals surface area contributed by atoms with Gasteiger partial charge in [0.2, 0.25) is 5.91 Å². The van der Waals surface area contributed by atoms with Crippen LogP contribution in [0.3, 0.4) is 0 Å². The molecule has 0 aromatic heterocycles. The molecular weight excluding hydrogens is 342 g/mol. The van der Waals surface area contributed by atoms with E-state index < -0.39 is 23.9 Å². The van der Waals surface area contributed by atoms with Gasteiger partial charge in [-0.15, -0.1) is 0 Å². The molecule has 20 heavy (non-hydrogen) atoms. The van der Waals surface area contributed by atoms with Gasteiger partial charge in [-0.3, -0.25) is 4.79 Å². The van der Waals surface area contributed by atoms with Crippen molar-refractivity contribution in [1.82, 2.24) is 4.90 Å². The number of fused-ring (bicyclic) bond motifs is 1. The number of alkyl halides is 4. The summed E-state index contributed by atoms with van der Waals surface area (Å²) in [6.45, 7) is -0.149. The van der Waals surface area contributed by atoms with E-state index in [-0.39, 0.29) is 24.7 Å². The van der Waals surface area contributed by atoms with Crippen LogP contribution in [0.15, 0.2) is 18.2 Å². The highest BCUT2D eigenvalue weighted by atomic mass is 79.9. The minimum absolute atomic E-state index is 0.101. The fourth-order valence-electron chi connectivity index (χ4n) is 2.40. The van der Waals surface area contributed by atoms with Crippen LogP contribution < -0.4 is 0 Å². The highest BCUT2D eigenvalue weighted by Gasteiger charge is 2.45. The first-order valence-corrected chi connectivity index (χ1v) is 7.14. The highest BCUT2D eigenvalue weighted by Crippen LogP contribution is 2.33. The molecule has 0 N–H and O–H groups in total. The monoisotopic (exact) mass is 353 g/mol. The third kappa shape index (κ3) is 3.13. The number of hydrogen-bond donors (Lipinski definition) is 0. The van der Waals surface area contributed by atoms with Crippen LogP contribution in [0.1, 0.15) is 17.5 Å². The van der Waals surface area contributed by atoms with Gasteiger partial charge < -0.3 is 4.90 Å². The molecule has 1 aliphatic rings. The Morgan fingerprint density at radius 3 is 2.65 bits per heavy atom. The second kappa shape index (κ2) is 5.71. The summed E-state index contributed by atoms with van der Waals surface area (Å²) in [5, 5.41) is -0.171. The van der Waals surface area contributed by atoms with Crippen molar-refractivity contribution < 1.29 is 22.4 Å². The number of hydrogen-bond acceptors (Lipinski definition) is 1. The normalized spacial score (nSPS) is 19.4. The fraction of sp³-hybridized carbons (Fsp3) is 0.462. The van der Waals surface area contributed by atoms with Crippen molar-refractivity contribution in [3.63, 3.8) is 0 Å². The third-order valence-corrected chi connectivity index (χ3v) is 3.86. The second-order valence-electron chi connectivity index (χ2n) is 4.66. The average Bonchev–Trinajstić information content (AvgIpc) is 2.56. The molecule has 1 aromatic rings. The van der Waals surface area contributed by atoms with E-state index in [2.05, 4.69) is 15.9 Å². The summed E-state index contributed by atoms with van der Waals surface area (Å²) in [7, 11) is 0. The number of aryl methyl sites for hydroxylation is 1. The van der Waals surface area contributed by atoms with Gasteiger partial charge in [-0.2, -0.15) is 13.2 Å². The van der Waals surface area contributed by atoms with E-state index in [4.69, 9.17) is 0 Å². The molecule has 0 saturated heterocycles. The lowest BCUT2D eigenvalue weighted by Crippen LogP contribution is -2.48. The van der Waals surface area contributed by atoms with Gasteiger partial charge in [-0.1, -0.05) is 22.0 Å². The van der Waals surface area contributed by atoms with Gasteiger partial charge in [0.15, 0.2) is 0 Å². The molecule has 1 aliphatic heterocycles. The zero-order chi connectivity index (χ0) is 14.9. The topological polar surface area (TPSA) is 20.3 Å². The number of rotatable bonds is 1. The number of amides is 1. The molecule has 2 nitrogen and oxygen atoms in total. The van der Waals surface area contributed by atoms with Crippen molar-refractivity contribution >= 4 is 21.8 Å². The Balaban J connectivity index is 2.39. The molecule has 0 aliphatic carbocycles. The Kier molecular flexibility index (Phi) is 4.36. The van der Waals surface area contributed by atoms with Gasteiger partial charge in [0, 0.05) is 6.54 Å². The van der Waals surface area contributed by atoms with Crippen molar-refractivity contribution in [3.05, 3.63) is 35.1 Å².